The second-order valence-electron chi connectivity index (χ2n) is 6.34. The fourth-order valence-electron chi connectivity index (χ4n) is 2.72. The first-order valence-corrected chi connectivity index (χ1v) is 10.4. The molecule has 1 heterocycles. The normalized spacial score (nSPS) is 20.2. The van der Waals surface area contributed by atoms with Crippen LogP contribution in [0.1, 0.15) is 13.8 Å². The van der Waals surface area contributed by atoms with Gasteiger partial charge in [0, 0.05) is 6.92 Å². The van der Waals surface area contributed by atoms with Crippen molar-refractivity contribution in [3.05, 3.63) is 42.3 Å². The molecule has 0 spiro atoms. The Hall–Kier alpha value is -3.35. The third-order valence-corrected chi connectivity index (χ3v) is 5.34. The lowest BCUT2D eigenvalue weighted by Crippen LogP contribution is -2.70. The van der Waals surface area contributed by atoms with Crippen LogP contribution in [0.5, 0.6) is 0 Å². The number of hydrogen-bond donors (Lipinski definition) is 3. The van der Waals surface area contributed by atoms with Gasteiger partial charge in [-0.25, -0.2) is 22.3 Å². The van der Waals surface area contributed by atoms with Crippen LogP contribution in [-0.4, -0.2) is 58.6 Å². The molecule has 3 atom stereocenters. The Morgan fingerprint density at radius 3 is 2.35 bits per heavy atom. The first kappa shape index (κ1) is 23.9. The molecule has 0 aromatic heterocycles. The number of carbonyl (C=O) groups excluding carboxylic acids is 2. The summed E-state index contributed by atoms with van der Waals surface area (Å²) in [4.78, 5) is 28.1. The van der Waals surface area contributed by atoms with Crippen LogP contribution in [0.15, 0.2) is 52.2 Å². The quantitative estimate of drug-likeness (QED) is 0.508. The van der Waals surface area contributed by atoms with Gasteiger partial charge in [0.2, 0.25) is 5.90 Å². The number of hydrogen-bond acceptors (Lipinski definition) is 9. The number of amides is 2. The van der Waals surface area contributed by atoms with Crippen molar-refractivity contribution in [3.63, 3.8) is 0 Å². The van der Waals surface area contributed by atoms with Crippen LogP contribution < -0.4 is 15.4 Å². The lowest BCUT2D eigenvalue weighted by atomic mass is 10.1. The number of nitrogens with one attached hydrogen (secondary N) is 3. The number of alkyl halides is 1. The van der Waals surface area contributed by atoms with Crippen LogP contribution in [-0.2, 0) is 29.0 Å². The maximum Gasteiger partial charge on any atom is 0.332 e. The van der Waals surface area contributed by atoms with Gasteiger partial charge in [-0.05, 0) is 19.1 Å². The highest BCUT2D eigenvalue weighted by atomic mass is 32.2. The molecule has 3 unspecified atom stereocenters. The Bertz CT molecular complexity index is 982. The predicted molar refractivity (Wildman–Crippen MR) is 107 cm³/mol. The molecular weight excluding hydrogens is 435 g/mol. The van der Waals surface area contributed by atoms with Crippen molar-refractivity contribution in [2.45, 2.75) is 36.8 Å². The van der Waals surface area contributed by atoms with Gasteiger partial charge in [0.1, 0.15) is 6.17 Å². The molecule has 3 N–H and O–H groups in total. The van der Waals surface area contributed by atoms with Gasteiger partial charge in [-0.3, -0.25) is 10.1 Å². The van der Waals surface area contributed by atoms with Crippen LogP contribution in [0.4, 0.5) is 9.18 Å². The summed E-state index contributed by atoms with van der Waals surface area (Å²) in [6, 6.07) is 5.84. The SMILES string of the molecule is COC1=CC(OC)=NC(NC(=O)NS(=O)(=O)c2ccccc2)(C(OC(C)=O)C(C)F)N1. The van der Waals surface area contributed by atoms with E-state index in [1.807, 2.05) is 0 Å². The van der Waals surface area contributed by atoms with E-state index < -0.39 is 40.1 Å². The zero-order valence-electron chi connectivity index (χ0n) is 17.2. The Kier molecular flexibility index (Phi) is 7.44. The number of methoxy groups -OCH3 is 2. The summed E-state index contributed by atoms with van der Waals surface area (Å²) in [6.45, 7) is 2.12. The number of carbonyl (C=O) groups is 2. The molecular formula is C18H23FN4O7S. The number of nitrogens with zero attached hydrogens (tertiary/aromatic N) is 1. The third kappa shape index (κ3) is 5.84. The van der Waals surface area contributed by atoms with E-state index in [1.165, 1.54) is 44.6 Å². The Morgan fingerprint density at radius 2 is 1.84 bits per heavy atom. The van der Waals surface area contributed by atoms with Crippen molar-refractivity contribution in [1.29, 1.82) is 0 Å². The van der Waals surface area contributed by atoms with E-state index in [4.69, 9.17) is 14.2 Å². The zero-order chi connectivity index (χ0) is 23.2. The van der Waals surface area contributed by atoms with E-state index in [-0.39, 0.29) is 16.7 Å². The molecule has 2 amide bonds. The van der Waals surface area contributed by atoms with Gasteiger partial charge in [-0.2, -0.15) is 4.99 Å². The Morgan fingerprint density at radius 1 is 1.19 bits per heavy atom. The molecule has 0 bridgehead atoms. The summed E-state index contributed by atoms with van der Waals surface area (Å²) >= 11 is 0. The molecule has 1 aliphatic heterocycles. The third-order valence-electron chi connectivity index (χ3n) is 3.99. The van der Waals surface area contributed by atoms with Gasteiger partial charge in [0.25, 0.3) is 15.8 Å². The summed E-state index contributed by atoms with van der Waals surface area (Å²) < 4.78 is 56.4. The molecule has 13 heteroatoms. The molecule has 1 aromatic rings. The number of ether oxygens (including phenoxy) is 3. The lowest BCUT2D eigenvalue weighted by molar-refractivity contribution is -0.156. The van der Waals surface area contributed by atoms with Gasteiger partial charge in [0.05, 0.1) is 25.2 Å². The van der Waals surface area contributed by atoms with Gasteiger partial charge >= 0.3 is 12.0 Å². The van der Waals surface area contributed by atoms with Crippen LogP contribution >= 0.6 is 0 Å². The fraction of sp³-hybridized carbons (Fsp3) is 0.389. The fourth-order valence-corrected chi connectivity index (χ4v) is 3.65. The maximum atomic E-state index is 14.5. The standard InChI is InChI=1S/C18H23FN4O7S/c1-11(19)16(30-12(2)24)18(20-14(28-3)10-15(21-18)29-4)22-17(25)23-31(26,27)13-8-6-5-7-9-13/h5-11,16,20H,1-4H3,(H2,22,23,25). The molecule has 1 aromatic carbocycles. The minimum absolute atomic E-state index is 0.0177. The summed E-state index contributed by atoms with van der Waals surface area (Å²) in [5.41, 5.74) is 0. The van der Waals surface area contributed by atoms with Crippen LogP contribution in [0.25, 0.3) is 0 Å². The first-order valence-electron chi connectivity index (χ1n) is 8.92. The number of sulfonamides is 1. The first-order chi connectivity index (χ1) is 14.5. The molecule has 0 saturated heterocycles. The summed E-state index contributed by atoms with van der Waals surface area (Å²) in [5.74, 6) is -3.19. The smallest absolute Gasteiger partial charge is 0.332 e. The molecule has 0 fully saturated rings. The predicted octanol–water partition coefficient (Wildman–Crippen LogP) is 0.754. The molecule has 0 saturated carbocycles. The van der Waals surface area contributed by atoms with E-state index in [0.29, 0.717) is 0 Å². The number of aliphatic imine (C=N–C) groups is 1. The second kappa shape index (κ2) is 9.64. The van der Waals surface area contributed by atoms with Crippen molar-refractivity contribution in [2.24, 2.45) is 4.99 Å². The van der Waals surface area contributed by atoms with Gasteiger partial charge < -0.3 is 19.5 Å². The molecule has 0 radical (unpaired) electrons. The highest BCUT2D eigenvalue weighted by molar-refractivity contribution is 7.90. The molecule has 31 heavy (non-hydrogen) atoms. The molecule has 2 rings (SSSR count). The molecule has 11 nitrogen and oxygen atoms in total. The number of esters is 1. The van der Waals surface area contributed by atoms with Crippen molar-refractivity contribution >= 4 is 27.9 Å². The van der Waals surface area contributed by atoms with Gasteiger partial charge in [0.15, 0.2) is 12.0 Å². The van der Waals surface area contributed by atoms with Crippen molar-refractivity contribution in [3.8, 4) is 0 Å². The van der Waals surface area contributed by atoms with Crippen LogP contribution in [0, 0.1) is 0 Å². The van der Waals surface area contributed by atoms with Gasteiger partial charge in [-0.15, -0.1) is 0 Å². The van der Waals surface area contributed by atoms with E-state index in [9.17, 15) is 22.4 Å². The number of rotatable bonds is 7. The van der Waals surface area contributed by atoms with E-state index in [1.54, 1.807) is 10.8 Å². The summed E-state index contributed by atoms with van der Waals surface area (Å²) in [7, 11) is -1.72. The summed E-state index contributed by atoms with van der Waals surface area (Å²) in [6.07, 6.45) is -2.29. The Labute approximate surface area is 178 Å². The Balaban J connectivity index is 2.44. The molecule has 170 valence electrons. The van der Waals surface area contributed by atoms with Crippen molar-refractivity contribution in [1.82, 2.24) is 15.4 Å². The highest BCUT2D eigenvalue weighted by Gasteiger charge is 2.49. The van der Waals surface area contributed by atoms with Crippen molar-refractivity contribution < 1.29 is 36.6 Å². The average molecular weight is 458 g/mol. The van der Waals surface area contributed by atoms with Crippen LogP contribution in [0.2, 0.25) is 0 Å². The summed E-state index contributed by atoms with van der Waals surface area (Å²) in [5, 5.41) is 4.84. The monoisotopic (exact) mass is 458 g/mol. The average Bonchev–Trinajstić information content (AvgIpc) is 2.71. The molecule has 0 aliphatic carbocycles. The van der Waals surface area contributed by atoms with Gasteiger partial charge in [-0.1, -0.05) is 18.2 Å². The molecule has 1 aliphatic rings. The maximum absolute atomic E-state index is 14.5. The minimum Gasteiger partial charge on any atom is -0.482 e. The van der Waals surface area contributed by atoms with Crippen LogP contribution in [0.3, 0.4) is 0 Å². The van der Waals surface area contributed by atoms with E-state index >= 15 is 0 Å². The largest absolute Gasteiger partial charge is 0.482 e. The second-order valence-corrected chi connectivity index (χ2v) is 8.02. The highest BCUT2D eigenvalue weighted by Crippen LogP contribution is 2.24. The van der Waals surface area contributed by atoms with E-state index in [2.05, 4.69) is 15.6 Å². The zero-order valence-corrected chi connectivity index (χ0v) is 18.0. The van der Waals surface area contributed by atoms with E-state index in [0.717, 1.165) is 13.8 Å². The van der Waals surface area contributed by atoms with Crippen molar-refractivity contribution in [2.75, 3.05) is 14.2 Å². The number of urea groups is 1. The minimum atomic E-state index is -4.26. The number of benzene rings is 1. The lowest BCUT2D eigenvalue weighted by Gasteiger charge is -2.40. The number of halogens is 1. The topological polar surface area (TPSA) is 144 Å².